The Balaban J connectivity index is 0.00000176. The number of nitrogens with zero attached hydrogens (tertiary/aromatic N) is 3. The maximum absolute atomic E-state index is 11.4. The molecule has 22 heavy (non-hydrogen) atoms. The molecule has 2 heterocycles. The van der Waals surface area contributed by atoms with Crippen LogP contribution in [0.25, 0.3) is 10.9 Å². The second kappa shape index (κ2) is 7.45. The van der Waals surface area contributed by atoms with Crippen molar-refractivity contribution in [1.82, 2.24) is 9.97 Å². The number of benzene rings is 1. The van der Waals surface area contributed by atoms with Gasteiger partial charge >= 0.3 is 0 Å². The molecule has 0 spiro atoms. The second-order valence-corrected chi connectivity index (χ2v) is 5.00. The van der Waals surface area contributed by atoms with Crippen LogP contribution in [0, 0.1) is 6.42 Å². The Morgan fingerprint density at radius 3 is 3.00 bits per heavy atom. The van der Waals surface area contributed by atoms with Crippen LogP contribution in [0.1, 0.15) is 12.8 Å². The van der Waals surface area contributed by atoms with E-state index >= 15 is 0 Å². The number of aromatic nitrogens is 2. The third kappa shape index (κ3) is 3.50. The van der Waals surface area contributed by atoms with Gasteiger partial charge in [0.05, 0.1) is 5.52 Å². The summed E-state index contributed by atoms with van der Waals surface area (Å²) in [5.74, 6) is 0.729. The number of hydrogen-bond donors (Lipinski definition) is 1. The summed E-state index contributed by atoms with van der Waals surface area (Å²) in [6.07, 6.45) is 7.41. The smallest absolute Gasteiger partial charge is 0.247 e. The molecule has 0 bridgehead atoms. The van der Waals surface area contributed by atoms with Crippen molar-refractivity contribution < 1.29 is 24.3 Å². The summed E-state index contributed by atoms with van der Waals surface area (Å²) in [5.41, 5.74) is 1.54. The molecule has 0 unspecified atom stereocenters. The van der Waals surface area contributed by atoms with Crippen molar-refractivity contribution in [1.29, 1.82) is 0 Å². The minimum absolute atomic E-state index is 0. The molecular weight excluding hydrogens is 367 g/mol. The van der Waals surface area contributed by atoms with Gasteiger partial charge in [-0.2, -0.15) is 6.42 Å². The molecule has 1 aromatic heterocycles. The fraction of sp³-hybridized carbons (Fsp3) is 0.250. The summed E-state index contributed by atoms with van der Waals surface area (Å²) < 4.78 is 0. The number of carbonyl (C=O) groups is 1. The van der Waals surface area contributed by atoms with E-state index < -0.39 is 0 Å². The summed E-state index contributed by atoms with van der Waals surface area (Å²) in [7, 11) is 0. The topological polar surface area (TPSA) is 58.1 Å². The number of carbonyl (C=O) groups excluding carboxylic acids is 1. The van der Waals surface area contributed by atoms with Gasteiger partial charge < -0.3 is 16.6 Å². The van der Waals surface area contributed by atoms with Crippen LogP contribution in [0.2, 0.25) is 0 Å². The van der Waals surface area contributed by atoms with E-state index in [4.69, 9.17) is 0 Å². The summed E-state index contributed by atoms with van der Waals surface area (Å²) >= 11 is 0. The van der Waals surface area contributed by atoms with Crippen molar-refractivity contribution in [3.63, 3.8) is 0 Å². The van der Waals surface area contributed by atoms with Crippen LogP contribution in [0.3, 0.4) is 0 Å². The molecule has 1 aromatic carbocycles. The maximum Gasteiger partial charge on any atom is 0.247 e. The van der Waals surface area contributed by atoms with E-state index in [1.54, 1.807) is 6.33 Å². The molecule has 0 atom stereocenters. The first-order chi connectivity index (χ1) is 10.3. The van der Waals surface area contributed by atoms with Crippen LogP contribution in [-0.4, -0.2) is 29.0 Å². The predicted octanol–water partition coefficient (Wildman–Crippen LogP) is 2.56. The van der Waals surface area contributed by atoms with Gasteiger partial charge in [0.1, 0.15) is 12.1 Å². The zero-order valence-corrected chi connectivity index (χ0v) is 13.7. The van der Waals surface area contributed by atoms with Crippen LogP contribution in [-0.2, 0) is 24.3 Å². The predicted molar refractivity (Wildman–Crippen MR) is 84.1 cm³/mol. The summed E-state index contributed by atoms with van der Waals surface area (Å²) in [4.78, 5) is 22.4. The zero-order valence-electron chi connectivity index (χ0n) is 12.1. The molecule has 1 aliphatic heterocycles. The number of amides is 1. The van der Waals surface area contributed by atoms with Gasteiger partial charge in [-0.25, -0.2) is 9.97 Å². The SMILES string of the molecule is C=CC(=O)Nc1ccc2c(N3C[CH-]CCC3)ncnc2c1.[Rh]. The third-order valence-electron chi connectivity index (χ3n) is 3.55. The number of rotatable bonds is 3. The van der Waals surface area contributed by atoms with Gasteiger partial charge in [0.15, 0.2) is 0 Å². The second-order valence-electron chi connectivity index (χ2n) is 5.00. The Morgan fingerprint density at radius 1 is 1.41 bits per heavy atom. The maximum atomic E-state index is 11.4. The van der Waals surface area contributed by atoms with Gasteiger partial charge in [0.25, 0.3) is 0 Å². The van der Waals surface area contributed by atoms with Crippen LogP contribution in [0.15, 0.2) is 37.2 Å². The van der Waals surface area contributed by atoms with E-state index in [-0.39, 0.29) is 25.4 Å². The van der Waals surface area contributed by atoms with Crippen LogP contribution >= 0.6 is 0 Å². The summed E-state index contributed by atoms with van der Waals surface area (Å²) in [6, 6.07) is 5.68. The van der Waals surface area contributed by atoms with E-state index in [0.29, 0.717) is 5.69 Å². The van der Waals surface area contributed by atoms with Crippen LogP contribution in [0.4, 0.5) is 11.5 Å². The summed E-state index contributed by atoms with van der Waals surface area (Å²) in [5, 5.41) is 3.75. The minimum atomic E-state index is -0.228. The molecule has 1 N–H and O–H groups in total. The van der Waals surface area contributed by atoms with E-state index in [1.807, 2.05) is 18.2 Å². The van der Waals surface area contributed by atoms with E-state index in [9.17, 15) is 4.79 Å². The Hall–Kier alpha value is -1.81. The van der Waals surface area contributed by atoms with E-state index in [2.05, 4.69) is 33.2 Å². The molecule has 0 saturated carbocycles. The van der Waals surface area contributed by atoms with Gasteiger partial charge in [0, 0.05) is 37.1 Å². The average Bonchev–Trinajstić information content (AvgIpc) is 2.54. The normalized spacial score (nSPS) is 14.3. The van der Waals surface area contributed by atoms with Gasteiger partial charge in [0.2, 0.25) is 5.91 Å². The first-order valence-corrected chi connectivity index (χ1v) is 7.03. The Morgan fingerprint density at radius 2 is 2.27 bits per heavy atom. The molecular formula is C16H17N4ORh-. The molecule has 5 nitrogen and oxygen atoms in total. The molecule has 117 valence electrons. The van der Waals surface area contributed by atoms with Crippen molar-refractivity contribution in [3.05, 3.63) is 43.6 Å². The van der Waals surface area contributed by atoms with E-state index in [0.717, 1.165) is 42.7 Å². The Bertz CT molecular complexity index is 683. The Labute approximate surface area is 142 Å². The Kier molecular flexibility index (Phi) is 5.61. The molecule has 3 rings (SSSR count). The molecule has 1 fully saturated rings. The first-order valence-electron chi connectivity index (χ1n) is 7.03. The molecule has 0 aliphatic carbocycles. The van der Waals surface area contributed by atoms with Crippen molar-refractivity contribution in [2.24, 2.45) is 0 Å². The van der Waals surface area contributed by atoms with Gasteiger partial charge in [-0.1, -0.05) is 13.0 Å². The number of piperidine rings is 1. The van der Waals surface area contributed by atoms with Crippen molar-refractivity contribution in [2.75, 3.05) is 23.3 Å². The minimum Gasteiger partial charge on any atom is -0.386 e. The van der Waals surface area contributed by atoms with E-state index in [1.165, 1.54) is 6.08 Å². The molecule has 1 saturated heterocycles. The molecule has 2 aromatic rings. The molecule has 6 heteroatoms. The number of fused-ring (bicyclic) bond motifs is 1. The zero-order chi connectivity index (χ0) is 14.7. The van der Waals surface area contributed by atoms with Gasteiger partial charge in [-0.3, -0.25) is 4.79 Å². The molecule has 1 aliphatic rings. The van der Waals surface area contributed by atoms with Crippen molar-refractivity contribution in [3.8, 4) is 0 Å². The average molecular weight is 384 g/mol. The third-order valence-corrected chi connectivity index (χ3v) is 3.55. The summed E-state index contributed by atoms with van der Waals surface area (Å²) in [6.45, 7) is 5.38. The molecule has 1 amide bonds. The van der Waals surface area contributed by atoms with Crippen molar-refractivity contribution in [2.45, 2.75) is 12.8 Å². The van der Waals surface area contributed by atoms with Gasteiger partial charge in [-0.15, -0.1) is 6.54 Å². The fourth-order valence-corrected chi connectivity index (χ4v) is 2.52. The number of anilines is 2. The van der Waals surface area contributed by atoms with Crippen LogP contribution < -0.4 is 10.2 Å². The monoisotopic (exact) mass is 384 g/mol. The molecule has 1 radical (unpaired) electrons. The standard InChI is InChI=1S/C16H17N4O.Rh/c1-2-15(21)19-12-6-7-13-14(10-12)17-11-18-16(13)20-8-4-3-5-9-20;/h2,4,6-7,10-11H,1,3,5,8-9H2,(H,19,21);/q-1;. The fourth-order valence-electron chi connectivity index (χ4n) is 2.52. The number of hydrogen-bond acceptors (Lipinski definition) is 4. The van der Waals surface area contributed by atoms with Crippen LogP contribution in [0.5, 0.6) is 0 Å². The van der Waals surface area contributed by atoms with Crippen molar-refractivity contribution >= 4 is 28.3 Å². The number of nitrogens with one attached hydrogen (secondary N) is 1. The van der Waals surface area contributed by atoms with Gasteiger partial charge in [-0.05, 0) is 24.3 Å². The first kappa shape index (κ1) is 16.6. The quantitative estimate of drug-likeness (QED) is 0.502. The largest absolute Gasteiger partial charge is 0.386 e.